The number of nitrogens with zero attached hydrogens (tertiary/aromatic N) is 2. The molecular weight excluding hydrogens is 316 g/mol. The van der Waals surface area contributed by atoms with Crippen molar-refractivity contribution in [3.05, 3.63) is 48.2 Å². The lowest BCUT2D eigenvalue weighted by atomic mass is 10.2. The van der Waals surface area contributed by atoms with Gasteiger partial charge in [-0.2, -0.15) is 0 Å². The van der Waals surface area contributed by atoms with Crippen LogP contribution in [0.2, 0.25) is 0 Å². The zero-order chi connectivity index (χ0) is 18.1. The van der Waals surface area contributed by atoms with Gasteiger partial charge in [0.05, 0.1) is 7.11 Å². The number of methoxy groups -OCH3 is 1. The maximum Gasteiger partial charge on any atom is 0.219 e. The standard InChI is InChI=1S/C19H26N4O2/c1-5-14(2)23-19(20-3)22-13-15-9-10-18(21-12-15)25-17-8-6-7-16(11-17)24-4/h6-12,14H,5,13H2,1-4H3,(H2,20,22,23). The molecule has 2 rings (SSSR count). The fourth-order valence-electron chi connectivity index (χ4n) is 2.08. The molecule has 1 aromatic heterocycles. The van der Waals surface area contributed by atoms with Gasteiger partial charge in [0, 0.05) is 38.0 Å². The third kappa shape index (κ3) is 5.99. The van der Waals surface area contributed by atoms with E-state index in [9.17, 15) is 0 Å². The Morgan fingerprint density at radius 3 is 2.68 bits per heavy atom. The molecule has 0 aliphatic heterocycles. The van der Waals surface area contributed by atoms with Crippen LogP contribution in [0.15, 0.2) is 47.6 Å². The van der Waals surface area contributed by atoms with Gasteiger partial charge in [-0.3, -0.25) is 4.99 Å². The first-order valence-electron chi connectivity index (χ1n) is 8.38. The van der Waals surface area contributed by atoms with Crippen molar-refractivity contribution in [2.75, 3.05) is 14.2 Å². The first-order valence-corrected chi connectivity index (χ1v) is 8.38. The van der Waals surface area contributed by atoms with Gasteiger partial charge in [-0.15, -0.1) is 0 Å². The van der Waals surface area contributed by atoms with Crippen molar-refractivity contribution >= 4 is 5.96 Å². The summed E-state index contributed by atoms with van der Waals surface area (Å²) >= 11 is 0. The predicted molar refractivity (Wildman–Crippen MR) is 100 cm³/mol. The van der Waals surface area contributed by atoms with Crippen molar-refractivity contribution in [3.8, 4) is 17.4 Å². The second-order valence-electron chi connectivity index (χ2n) is 5.67. The van der Waals surface area contributed by atoms with Crippen LogP contribution < -0.4 is 20.1 Å². The van der Waals surface area contributed by atoms with Crippen LogP contribution in [0, 0.1) is 0 Å². The Hall–Kier alpha value is -2.76. The quantitative estimate of drug-likeness (QED) is 0.597. The lowest BCUT2D eigenvalue weighted by Crippen LogP contribution is -2.41. The smallest absolute Gasteiger partial charge is 0.219 e. The number of hydrogen-bond acceptors (Lipinski definition) is 4. The van der Waals surface area contributed by atoms with E-state index in [-0.39, 0.29) is 0 Å². The van der Waals surface area contributed by atoms with E-state index < -0.39 is 0 Å². The lowest BCUT2D eigenvalue weighted by Gasteiger charge is -2.16. The number of ether oxygens (including phenoxy) is 2. The predicted octanol–water partition coefficient (Wildman–Crippen LogP) is 3.35. The number of aromatic nitrogens is 1. The monoisotopic (exact) mass is 342 g/mol. The van der Waals surface area contributed by atoms with Gasteiger partial charge in [-0.1, -0.05) is 19.1 Å². The molecule has 25 heavy (non-hydrogen) atoms. The Morgan fingerprint density at radius 2 is 2.04 bits per heavy atom. The molecule has 0 saturated carbocycles. The summed E-state index contributed by atoms with van der Waals surface area (Å²) in [5, 5.41) is 6.60. The third-order valence-corrected chi connectivity index (χ3v) is 3.74. The van der Waals surface area contributed by atoms with Gasteiger partial charge in [0.15, 0.2) is 5.96 Å². The Balaban J connectivity index is 1.91. The number of rotatable bonds is 7. The number of aliphatic imine (C=N–C) groups is 1. The topological polar surface area (TPSA) is 67.8 Å². The normalized spacial score (nSPS) is 12.4. The molecule has 0 aliphatic carbocycles. The van der Waals surface area contributed by atoms with E-state index in [1.165, 1.54) is 0 Å². The van der Waals surface area contributed by atoms with E-state index in [2.05, 4.69) is 34.5 Å². The van der Waals surface area contributed by atoms with Crippen molar-refractivity contribution in [1.82, 2.24) is 15.6 Å². The Kier molecular flexibility index (Phi) is 7.07. The molecule has 6 heteroatoms. The van der Waals surface area contributed by atoms with E-state index in [0.717, 1.165) is 23.7 Å². The highest BCUT2D eigenvalue weighted by Gasteiger charge is 2.04. The number of guanidine groups is 1. The first-order chi connectivity index (χ1) is 12.1. The maximum absolute atomic E-state index is 5.74. The molecule has 0 fully saturated rings. The van der Waals surface area contributed by atoms with E-state index in [4.69, 9.17) is 9.47 Å². The molecular formula is C19H26N4O2. The van der Waals surface area contributed by atoms with Crippen LogP contribution in [-0.4, -0.2) is 31.1 Å². The zero-order valence-electron chi connectivity index (χ0n) is 15.2. The molecule has 1 aromatic carbocycles. The van der Waals surface area contributed by atoms with Gasteiger partial charge in [0.2, 0.25) is 5.88 Å². The SMILES string of the molecule is CCC(C)NC(=NC)NCc1ccc(Oc2cccc(OC)c2)nc1. The van der Waals surface area contributed by atoms with E-state index >= 15 is 0 Å². The second-order valence-corrected chi connectivity index (χ2v) is 5.67. The summed E-state index contributed by atoms with van der Waals surface area (Å²) < 4.78 is 10.9. The van der Waals surface area contributed by atoms with E-state index in [0.29, 0.717) is 24.2 Å². The van der Waals surface area contributed by atoms with Gasteiger partial charge >= 0.3 is 0 Å². The summed E-state index contributed by atoms with van der Waals surface area (Å²) in [5.74, 6) is 2.76. The van der Waals surface area contributed by atoms with Gasteiger partial charge in [0.1, 0.15) is 11.5 Å². The highest BCUT2D eigenvalue weighted by atomic mass is 16.5. The first kappa shape index (κ1) is 18.6. The highest BCUT2D eigenvalue weighted by Crippen LogP contribution is 2.23. The fraction of sp³-hybridized carbons (Fsp3) is 0.368. The van der Waals surface area contributed by atoms with Gasteiger partial charge < -0.3 is 20.1 Å². The molecule has 1 unspecified atom stereocenters. The molecule has 0 radical (unpaired) electrons. The number of hydrogen-bond donors (Lipinski definition) is 2. The number of pyridine rings is 1. The van der Waals surface area contributed by atoms with Crippen LogP contribution in [0.3, 0.4) is 0 Å². The van der Waals surface area contributed by atoms with Crippen molar-refractivity contribution in [2.24, 2.45) is 4.99 Å². The van der Waals surface area contributed by atoms with Crippen LogP contribution in [0.25, 0.3) is 0 Å². The minimum atomic E-state index is 0.378. The van der Waals surface area contributed by atoms with E-state index in [1.807, 2.05) is 36.4 Å². The molecule has 2 N–H and O–H groups in total. The second kappa shape index (κ2) is 9.52. The van der Waals surface area contributed by atoms with Crippen molar-refractivity contribution in [2.45, 2.75) is 32.9 Å². The molecule has 2 aromatic rings. The average Bonchev–Trinajstić information content (AvgIpc) is 2.66. The molecule has 0 spiro atoms. The molecule has 6 nitrogen and oxygen atoms in total. The molecule has 134 valence electrons. The summed E-state index contributed by atoms with van der Waals surface area (Å²) in [6, 6.07) is 11.6. The molecule has 1 atom stereocenters. The number of nitrogens with one attached hydrogen (secondary N) is 2. The van der Waals surface area contributed by atoms with Crippen LogP contribution in [0.5, 0.6) is 17.4 Å². The van der Waals surface area contributed by atoms with Crippen LogP contribution >= 0.6 is 0 Å². The summed E-state index contributed by atoms with van der Waals surface area (Å²) in [4.78, 5) is 8.57. The fourth-order valence-corrected chi connectivity index (χ4v) is 2.08. The number of benzene rings is 1. The van der Waals surface area contributed by atoms with Gasteiger partial charge in [-0.25, -0.2) is 4.98 Å². The molecule has 0 amide bonds. The lowest BCUT2D eigenvalue weighted by molar-refractivity contribution is 0.407. The largest absolute Gasteiger partial charge is 0.497 e. The summed E-state index contributed by atoms with van der Waals surface area (Å²) in [6.07, 6.45) is 2.83. The Labute approximate surface area is 149 Å². The summed E-state index contributed by atoms with van der Waals surface area (Å²) in [6.45, 7) is 4.90. The van der Waals surface area contributed by atoms with E-state index in [1.54, 1.807) is 20.4 Å². The highest BCUT2D eigenvalue weighted by molar-refractivity contribution is 5.79. The van der Waals surface area contributed by atoms with Crippen molar-refractivity contribution in [1.29, 1.82) is 0 Å². The van der Waals surface area contributed by atoms with Gasteiger partial charge in [-0.05, 0) is 31.0 Å². The third-order valence-electron chi connectivity index (χ3n) is 3.74. The molecule has 0 saturated heterocycles. The molecule has 0 bridgehead atoms. The summed E-state index contributed by atoms with van der Waals surface area (Å²) in [7, 11) is 3.39. The van der Waals surface area contributed by atoms with Crippen LogP contribution in [0.1, 0.15) is 25.8 Å². The Bertz CT molecular complexity index is 686. The molecule has 1 heterocycles. The van der Waals surface area contributed by atoms with Crippen molar-refractivity contribution in [3.63, 3.8) is 0 Å². The molecule has 0 aliphatic rings. The summed E-state index contributed by atoms with van der Waals surface area (Å²) in [5.41, 5.74) is 1.05. The van der Waals surface area contributed by atoms with Crippen LogP contribution in [0.4, 0.5) is 0 Å². The van der Waals surface area contributed by atoms with Crippen LogP contribution in [-0.2, 0) is 6.54 Å². The average molecular weight is 342 g/mol. The minimum absolute atomic E-state index is 0.378. The zero-order valence-corrected chi connectivity index (χ0v) is 15.2. The van der Waals surface area contributed by atoms with Gasteiger partial charge in [0.25, 0.3) is 0 Å². The van der Waals surface area contributed by atoms with Crippen molar-refractivity contribution < 1.29 is 9.47 Å². The Morgan fingerprint density at radius 1 is 1.24 bits per heavy atom. The maximum atomic E-state index is 5.74. The minimum Gasteiger partial charge on any atom is -0.497 e.